The molecule has 1 heterocycles. The lowest BCUT2D eigenvalue weighted by molar-refractivity contribution is -0.134. The van der Waals surface area contributed by atoms with Gasteiger partial charge in [-0.1, -0.05) is 18.5 Å². The van der Waals surface area contributed by atoms with Gasteiger partial charge in [0.15, 0.2) is 0 Å². The summed E-state index contributed by atoms with van der Waals surface area (Å²) in [5.41, 5.74) is 0. The third kappa shape index (κ3) is 5.82. The molecule has 142 valence electrons. The molecular formula is C16H25Cl2N3O3S. The van der Waals surface area contributed by atoms with Crippen LogP contribution in [-0.2, 0) is 14.8 Å². The van der Waals surface area contributed by atoms with Crippen molar-refractivity contribution in [1.29, 1.82) is 0 Å². The Hall–Kier alpha value is -0.860. The number of nitrogens with zero attached hydrogens (tertiary/aromatic N) is 1. The van der Waals surface area contributed by atoms with Crippen molar-refractivity contribution in [2.75, 3.05) is 19.6 Å². The van der Waals surface area contributed by atoms with Crippen molar-refractivity contribution in [3.63, 3.8) is 0 Å². The Bertz CT molecular complexity index is 662. The standard InChI is InChI=1S/C16H24ClN3O3S.ClH/c1-3-10-20(14-8-9-18-11-14)16(21)12(2)19-24(22,23)15-6-4-13(17)5-7-15;/h4-7,12,14,18-19H,3,8-11H2,1-2H3;1H. The van der Waals surface area contributed by atoms with Crippen LogP contribution in [0.2, 0.25) is 5.02 Å². The van der Waals surface area contributed by atoms with E-state index in [1.54, 1.807) is 11.8 Å². The molecule has 2 atom stereocenters. The zero-order chi connectivity index (χ0) is 17.7. The van der Waals surface area contributed by atoms with Gasteiger partial charge in [-0.15, -0.1) is 12.4 Å². The molecule has 25 heavy (non-hydrogen) atoms. The van der Waals surface area contributed by atoms with E-state index in [4.69, 9.17) is 11.6 Å². The Labute approximate surface area is 160 Å². The van der Waals surface area contributed by atoms with Gasteiger partial charge in [0.2, 0.25) is 15.9 Å². The lowest BCUT2D eigenvalue weighted by Gasteiger charge is -2.31. The number of amides is 1. The molecule has 1 aromatic rings. The van der Waals surface area contributed by atoms with Crippen LogP contribution in [0.25, 0.3) is 0 Å². The van der Waals surface area contributed by atoms with Gasteiger partial charge in [-0.2, -0.15) is 4.72 Å². The fraction of sp³-hybridized carbons (Fsp3) is 0.562. The van der Waals surface area contributed by atoms with Crippen LogP contribution in [-0.4, -0.2) is 50.9 Å². The van der Waals surface area contributed by atoms with Crippen molar-refractivity contribution < 1.29 is 13.2 Å². The summed E-state index contributed by atoms with van der Waals surface area (Å²) in [6.45, 7) is 5.84. The first-order valence-electron chi connectivity index (χ1n) is 8.14. The van der Waals surface area contributed by atoms with Gasteiger partial charge in [0, 0.05) is 24.2 Å². The fourth-order valence-electron chi connectivity index (χ4n) is 2.83. The molecule has 0 spiro atoms. The van der Waals surface area contributed by atoms with E-state index in [-0.39, 0.29) is 29.3 Å². The van der Waals surface area contributed by atoms with Gasteiger partial charge in [-0.3, -0.25) is 4.79 Å². The molecule has 0 saturated carbocycles. The van der Waals surface area contributed by atoms with Gasteiger partial charge < -0.3 is 10.2 Å². The van der Waals surface area contributed by atoms with Crippen LogP contribution in [0.15, 0.2) is 29.2 Å². The summed E-state index contributed by atoms with van der Waals surface area (Å²) in [6, 6.07) is 5.17. The molecule has 2 rings (SSSR count). The Kier molecular flexibility index (Phi) is 8.63. The van der Waals surface area contributed by atoms with Crippen LogP contribution in [0.1, 0.15) is 26.7 Å². The van der Waals surface area contributed by atoms with Gasteiger partial charge in [-0.25, -0.2) is 8.42 Å². The van der Waals surface area contributed by atoms with Crippen molar-refractivity contribution in [2.24, 2.45) is 0 Å². The summed E-state index contributed by atoms with van der Waals surface area (Å²) in [7, 11) is -3.77. The minimum Gasteiger partial charge on any atom is -0.337 e. The van der Waals surface area contributed by atoms with E-state index in [1.165, 1.54) is 24.3 Å². The molecule has 1 aromatic carbocycles. The number of benzene rings is 1. The van der Waals surface area contributed by atoms with Gasteiger partial charge in [0.25, 0.3) is 0 Å². The molecule has 6 nitrogen and oxygen atoms in total. The Morgan fingerprint density at radius 1 is 1.40 bits per heavy atom. The predicted octanol–water partition coefficient (Wildman–Crippen LogP) is 2.03. The molecule has 1 aliphatic heterocycles. The lowest BCUT2D eigenvalue weighted by Crippen LogP contribution is -2.51. The monoisotopic (exact) mass is 409 g/mol. The number of carbonyl (C=O) groups is 1. The largest absolute Gasteiger partial charge is 0.337 e. The minimum absolute atomic E-state index is 0. The van der Waals surface area contributed by atoms with Crippen LogP contribution < -0.4 is 10.0 Å². The number of hydrogen-bond acceptors (Lipinski definition) is 4. The summed E-state index contributed by atoms with van der Waals surface area (Å²) in [5.74, 6) is -0.192. The smallest absolute Gasteiger partial charge is 0.241 e. The molecule has 0 bridgehead atoms. The molecule has 1 saturated heterocycles. The average Bonchev–Trinajstić information content (AvgIpc) is 3.06. The first-order chi connectivity index (χ1) is 11.3. The normalized spacial score (nSPS) is 18.4. The number of carbonyl (C=O) groups excluding carboxylic acids is 1. The summed E-state index contributed by atoms with van der Waals surface area (Å²) in [5, 5.41) is 3.70. The van der Waals surface area contributed by atoms with E-state index < -0.39 is 16.1 Å². The van der Waals surface area contributed by atoms with Crippen LogP contribution in [0.5, 0.6) is 0 Å². The van der Waals surface area contributed by atoms with Crippen molar-refractivity contribution in [3.05, 3.63) is 29.3 Å². The molecule has 1 amide bonds. The topological polar surface area (TPSA) is 78.5 Å². The Morgan fingerprint density at radius 3 is 2.56 bits per heavy atom. The van der Waals surface area contributed by atoms with E-state index in [0.29, 0.717) is 11.6 Å². The fourth-order valence-corrected chi connectivity index (χ4v) is 4.16. The van der Waals surface area contributed by atoms with E-state index in [9.17, 15) is 13.2 Å². The second-order valence-electron chi connectivity index (χ2n) is 5.98. The highest BCUT2D eigenvalue weighted by molar-refractivity contribution is 7.89. The third-order valence-corrected chi connectivity index (χ3v) is 5.86. The molecule has 1 aliphatic rings. The molecule has 0 radical (unpaired) electrons. The Morgan fingerprint density at radius 2 is 2.04 bits per heavy atom. The number of halogens is 2. The van der Waals surface area contributed by atoms with Crippen molar-refractivity contribution in [1.82, 2.24) is 14.9 Å². The number of rotatable bonds is 7. The SMILES string of the molecule is CCCN(C(=O)C(C)NS(=O)(=O)c1ccc(Cl)cc1)C1CCNC1.Cl. The maximum Gasteiger partial charge on any atom is 0.241 e. The van der Waals surface area contributed by atoms with Crippen LogP contribution in [0.4, 0.5) is 0 Å². The zero-order valence-electron chi connectivity index (χ0n) is 14.4. The van der Waals surface area contributed by atoms with Crippen LogP contribution >= 0.6 is 24.0 Å². The van der Waals surface area contributed by atoms with Crippen molar-refractivity contribution in [3.8, 4) is 0 Å². The van der Waals surface area contributed by atoms with Crippen molar-refractivity contribution in [2.45, 2.75) is 43.7 Å². The summed E-state index contributed by atoms with van der Waals surface area (Å²) in [4.78, 5) is 14.6. The Balaban J connectivity index is 0.00000312. The van der Waals surface area contributed by atoms with E-state index >= 15 is 0 Å². The van der Waals surface area contributed by atoms with Crippen LogP contribution in [0, 0.1) is 0 Å². The van der Waals surface area contributed by atoms with Crippen LogP contribution in [0.3, 0.4) is 0 Å². The summed E-state index contributed by atoms with van der Waals surface area (Å²) >= 11 is 5.79. The predicted molar refractivity (Wildman–Crippen MR) is 102 cm³/mol. The molecule has 9 heteroatoms. The molecule has 2 unspecified atom stereocenters. The number of hydrogen-bond donors (Lipinski definition) is 2. The van der Waals surface area contributed by atoms with E-state index in [0.717, 1.165) is 25.9 Å². The summed E-state index contributed by atoms with van der Waals surface area (Å²) in [6.07, 6.45) is 1.72. The average molecular weight is 410 g/mol. The van der Waals surface area contributed by atoms with Gasteiger partial charge in [0.1, 0.15) is 0 Å². The van der Waals surface area contributed by atoms with Gasteiger partial charge in [-0.05, 0) is 50.6 Å². The number of sulfonamides is 1. The molecular weight excluding hydrogens is 385 g/mol. The highest BCUT2D eigenvalue weighted by atomic mass is 35.5. The molecule has 1 fully saturated rings. The molecule has 0 aromatic heterocycles. The van der Waals surface area contributed by atoms with E-state index in [1.807, 2.05) is 6.92 Å². The number of nitrogens with one attached hydrogen (secondary N) is 2. The third-order valence-electron chi connectivity index (χ3n) is 4.05. The second kappa shape index (κ2) is 9.73. The van der Waals surface area contributed by atoms with E-state index in [2.05, 4.69) is 10.0 Å². The zero-order valence-corrected chi connectivity index (χ0v) is 16.8. The maximum atomic E-state index is 12.7. The lowest BCUT2D eigenvalue weighted by atomic mass is 10.1. The second-order valence-corrected chi connectivity index (χ2v) is 8.13. The van der Waals surface area contributed by atoms with Gasteiger partial charge in [0.05, 0.1) is 10.9 Å². The highest BCUT2D eigenvalue weighted by Gasteiger charge is 2.31. The first kappa shape index (κ1) is 22.2. The maximum absolute atomic E-state index is 12.7. The quantitative estimate of drug-likeness (QED) is 0.721. The van der Waals surface area contributed by atoms with Gasteiger partial charge >= 0.3 is 0 Å². The van der Waals surface area contributed by atoms with Crippen molar-refractivity contribution >= 4 is 39.9 Å². The first-order valence-corrected chi connectivity index (χ1v) is 10.0. The molecule has 0 aliphatic carbocycles. The summed E-state index contributed by atoms with van der Waals surface area (Å²) < 4.78 is 27.3. The minimum atomic E-state index is -3.77. The highest BCUT2D eigenvalue weighted by Crippen LogP contribution is 2.16. The molecule has 2 N–H and O–H groups in total.